The first-order chi connectivity index (χ1) is 9.36. The monoisotopic (exact) mass is 285 g/mol. The molecular weight excluding hydrogens is 268 g/mol. The normalized spacial score (nSPS) is 11.2. The lowest BCUT2D eigenvalue weighted by Gasteiger charge is -2.26. The van der Waals surface area contributed by atoms with Gasteiger partial charge in [0.2, 0.25) is 0 Å². The van der Waals surface area contributed by atoms with Gasteiger partial charge >= 0.3 is 5.97 Å². The molecule has 0 saturated carbocycles. The van der Waals surface area contributed by atoms with Crippen LogP contribution in [0.25, 0.3) is 0 Å². The Labute approximate surface area is 115 Å². The van der Waals surface area contributed by atoms with Crippen LogP contribution in [0.1, 0.15) is 37.0 Å². The van der Waals surface area contributed by atoms with Gasteiger partial charge in [0, 0.05) is 12.6 Å². The Morgan fingerprint density at radius 3 is 2.30 bits per heavy atom. The number of carboxylic acid groups (broad SMARTS) is 1. The Morgan fingerprint density at radius 2 is 1.85 bits per heavy atom. The van der Waals surface area contributed by atoms with Crippen LogP contribution in [-0.2, 0) is 4.79 Å². The van der Waals surface area contributed by atoms with Crippen molar-refractivity contribution in [3.63, 3.8) is 0 Å². The molecule has 0 aliphatic heterocycles. The van der Waals surface area contributed by atoms with Crippen molar-refractivity contribution in [3.05, 3.63) is 35.4 Å². The van der Waals surface area contributed by atoms with Crippen LogP contribution in [0.4, 0.5) is 8.78 Å². The van der Waals surface area contributed by atoms with E-state index in [1.54, 1.807) is 13.8 Å². The molecule has 0 atom stereocenters. The Hall–Kier alpha value is -1.98. The van der Waals surface area contributed by atoms with Gasteiger partial charge in [-0.25, -0.2) is 8.78 Å². The Balaban J connectivity index is 2.83. The van der Waals surface area contributed by atoms with E-state index in [0.717, 1.165) is 12.1 Å². The third-order valence-corrected chi connectivity index (χ3v) is 3.57. The highest BCUT2D eigenvalue weighted by Gasteiger charge is 2.35. The number of carbonyl (C=O) groups is 2. The van der Waals surface area contributed by atoms with Crippen molar-refractivity contribution in [1.29, 1.82) is 0 Å². The minimum absolute atomic E-state index is 0.106. The Bertz CT molecular complexity index is 513. The number of carboxylic acids is 1. The van der Waals surface area contributed by atoms with E-state index in [0.29, 0.717) is 18.9 Å². The number of benzene rings is 1. The van der Waals surface area contributed by atoms with Gasteiger partial charge in [-0.2, -0.15) is 0 Å². The van der Waals surface area contributed by atoms with Crippen LogP contribution < -0.4 is 5.32 Å². The topological polar surface area (TPSA) is 66.4 Å². The Kier molecular flexibility index (Phi) is 5.19. The van der Waals surface area contributed by atoms with E-state index in [-0.39, 0.29) is 12.1 Å². The largest absolute Gasteiger partial charge is 0.481 e. The lowest BCUT2D eigenvalue weighted by Crippen LogP contribution is -2.42. The summed E-state index contributed by atoms with van der Waals surface area (Å²) in [6, 6.07) is 2.61. The van der Waals surface area contributed by atoms with Gasteiger partial charge in [-0.05, 0) is 25.0 Å². The zero-order valence-corrected chi connectivity index (χ0v) is 11.4. The molecule has 0 spiro atoms. The molecule has 2 N–H and O–H groups in total. The molecule has 110 valence electrons. The number of amides is 1. The first-order valence-electron chi connectivity index (χ1n) is 6.33. The van der Waals surface area contributed by atoms with Crippen molar-refractivity contribution in [1.82, 2.24) is 5.32 Å². The van der Waals surface area contributed by atoms with Crippen LogP contribution >= 0.6 is 0 Å². The Morgan fingerprint density at radius 1 is 1.25 bits per heavy atom. The molecule has 0 saturated heterocycles. The van der Waals surface area contributed by atoms with Gasteiger partial charge in [-0.15, -0.1) is 0 Å². The maximum atomic E-state index is 13.4. The van der Waals surface area contributed by atoms with E-state index in [2.05, 4.69) is 5.32 Å². The van der Waals surface area contributed by atoms with Crippen LogP contribution in [0.15, 0.2) is 18.2 Å². The van der Waals surface area contributed by atoms with Crippen LogP contribution in [0.5, 0.6) is 0 Å². The predicted octanol–water partition coefficient (Wildman–Crippen LogP) is 2.59. The van der Waals surface area contributed by atoms with E-state index < -0.39 is 28.9 Å². The first-order valence-corrected chi connectivity index (χ1v) is 6.33. The summed E-state index contributed by atoms with van der Waals surface area (Å²) < 4.78 is 26.2. The minimum atomic E-state index is -1.08. The smallest absolute Gasteiger partial charge is 0.311 e. The van der Waals surface area contributed by atoms with Crippen LogP contribution in [-0.4, -0.2) is 23.5 Å². The molecule has 20 heavy (non-hydrogen) atoms. The van der Waals surface area contributed by atoms with E-state index >= 15 is 0 Å². The van der Waals surface area contributed by atoms with Crippen molar-refractivity contribution < 1.29 is 23.5 Å². The highest BCUT2D eigenvalue weighted by atomic mass is 19.1. The number of halogens is 2. The third kappa shape index (κ3) is 3.31. The minimum Gasteiger partial charge on any atom is -0.481 e. The van der Waals surface area contributed by atoms with Gasteiger partial charge in [0.15, 0.2) is 0 Å². The summed E-state index contributed by atoms with van der Waals surface area (Å²) in [6.45, 7) is 3.31. The predicted molar refractivity (Wildman–Crippen MR) is 69.3 cm³/mol. The van der Waals surface area contributed by atoms with Crippen LogP contribution in [0, 0.1) is 17.0 Å². The molecule has 6 heteroatoms. The number of hydrogen-bond donors (Lipinski definition) is 2. The zero-order chi connectivity index (χ0) is 15.3. The standard InChI is InChI=1S/C14H17F2NO3/c1-3-14(4-2,13(19)20)8-17-12(18)10-6-5-9(15)7-11(10)16/h5-7H,3-4,8H2,1-2H3,(H,17,18)(H,19,20). The second-order valence-corrected chi connectivity index (χ2v) is 4.60. The number of rotatable bonds is 6. The van der Waals surface area contributed by atoms with E-state index in [1.807, 2.05) is 0 Å². The number of hydrogen-bond acceptors (Lipinski definition) is 2. The highest BCUT2D eigenvalue weighted by Crippen LogP contribution is 2.25. The SMILES string of the molecule is CCC(CC)(CNC(=O)c1ccc(F)cc1F)C(=O)O. The lowest BCUT2D eigenvalue weighted by molar-refractivity contribution is -0.149. The zero-order valence-electron chi connectivity index (χ0n) is 11.4. The molecule has 0 unspecified atom stereocenters. The van der Waals surface area contributed by atoms with E-state index in [9.17, 15) is 23.5 Å². The molecule has 0 bridgehead atoms. The number of carbonyl (C=O) groups excluding carboxylic acids is 1. The fourth-order valence-electron chi connectivity index (χ4n) is 1.90. The van der Waals surface area contributed by atoms with Crippen LogP contribution in [0.3, 0.4) is 0 Å². The third-order valence-electron chi connectivity index (χ3n) is 3.57. The van der Waals surface area contributed by atoms with Gasteiger partial charge in [0.25, 0.3) is 5.91 Å². The molecule has 0 aliphatic rings. The van der Waals surface area contributed by atoms with Gasteiger partial charge in [0.05, 0.1) is 11.0 Å². The van der Waals surface area contributed by atoms with Crippen molar-refractivity contribution in [3.8, 4) is 0 Å². The van der Waals surface area contributed by atoms with Gasteiger partial charge < -0.3 is 10.4 Å². The second-order valence-electron chi connectivity index (χ2n) is 4.60. The van der Waals surface area contributed by atoms with E-state index in [4.69, 9.17) is 0 Å². The molecule has 1 aromatic carbocycles. The summed E-state index contributed by atoms with van der Waals surface area (Å²) in [6.07, 6.45) is 0.677. The summed E-state index contributed by atoms with van der Waals surface area (Å²) in [5.41, 5.74) is -1.38. The van der Waals surface area contributed by atoms with Gasteiger partial charge in [0.1, 0.15) is 11.6 Å². The molecule has 4 nitrogen and oxygen atoms in total. The average Bonchev–Trinajstić information content (AvgIpc) is 2.39. The van der Waals surface area contributed by atoms with Gasteiger partial charge in [-0.1, -0.05) is 13.8 Å². The maximum absolute atomic E-state index is 13.4. The average molecular weight is 285 g/mol. The van der Waals surface area contributed by atoms with Crippen molar-refractivity contribution in [2.24, 2.45) is 5.41 Å². The second kappa shape index (κ2) is 6.45. The summed E-state index contributed by atoms with van der Waals surface area (Å²) in [4.78, 5) is 23.1. The number of aliphatic carboxylic acids is 1. The van der Waals surface area contributed by atoms with Gasteiger partial charge in [-0.3, -0.25) is 9.59 Å². The molecule has 0 fully saturated rings. The summed E-state index contributed by atoms with van der Waals surface area (Å²) in [5, 5.41) is 11.6. The van der Waals surface area contributed by atoms with E-state index in [1.165, 1.54) is 0 Å². The summed E-state index contributed by atoms with van der Waals surface area (Å²) in [7, 11) is 0. The molecule has 1 rings (SSSR count). The van der Waals surface area contributed by atoms with Crippen LogP contribution in [0.2, 0.25) is 0 Å². The summed E-state index contributed by atoms with van der Waals surface area (Å²) in [5.74, 6) is -3.52. The summed E-state index contributed by atoms with van der Waals surface area (Å²) >= 11 is 0. The molecule has 0 aliphatic carbocycles. The molecule has 0 heterocycles. The fourth-order valence-corrected chi connectivity index (χ4v) is 1.90. The maximum Gasteiger partial charge on any atom is 0.311 e. The molecule has 1 amide bonds. The van der Waals surface area contributed by atoms with Crippen molar-refractivity contribution >= 4 is 11.9 Å². The molecule has 0 radical (unpaired) electrons. The molecule has 0 aromatic heterocycles. The first kappa shape index (κ1) is 16.1. The quantitative estimate of drug-likeness (QED) is 0.844. The number of nitrogens with one attached hydrogen (secondary N) is 1. The molecular formula is C14H17F2NO3. The highest BCUT2D eigenvalue weighted by molar-refractivity contribution is 5.94. The molecule has 1 aromatic rings. The van der Waals surface area contributed by atoms with Crippen molar-refractivity contribution in [2.75, 3.05) is 6.54 Å². The lowest BCUT2D eigenvalue weighted by atomic mass is 9.82. The van der Waals surface area contributed by atoms with Crippen molar-refractivity contribution in [2.45, 2.75) is 26.7 Å². The fraction of sp³-hybridized carbons (Fsp3) is 0.429.